The summed E-state index contributed by atoms with van der Waals surface area (Å²) >= 11 is 11.7. The third-order valence-electron chi connectivity index (χ3n) is 2.79. The normalized spacial score (nSPS) is 11.8. The highest BCUT2D eigenvalue weighted by molar-refractivity contribution is 6.36. The Kier molecular flexibility index (Phi) is 7.50. The van der Waals surface area contributed by atoms with Crippen molar-refractivity contribution in [2.24, 2.45) is 0 Å². The van der Waals surface area contributed by atoms with Gasteiger partial charge in [0.05, 0.1) is 17.1 Å². The Morgan fingerprint density at radius 2 is 2.05 bits per heavy atom. The lowest BCUT2D eigenvalue weighted by atomic mass is 10.2. The van der Waals surface area contributed by atoms with Gasteiger partial charge in [0.1, 0.15) is 0 Å². The predicted molar refractivity (Wildman–Crippen MR) is 82.7 cm³/mol. The zero-order valence-electron chi connectivity index (χ0n) is 11.7. The average molecular weight is 333 g/mol. The van der Waals surface area contributed by atoms with Crippen LogP contribution in [0.3, 0.4) is 0 Å². The molecule has 2 amide bonds. The first-order valence-corrected chi connectivity index (χ1v) is 7.33. The van der Waals surface area contributed by atoms with E-state index in [9.17, 15) is 9.59 Å². The predicted octanol–water partition coefficient (Wildman–Crippen LogP) is 2.00. The lowest BCUT2D eigenvalue weighted by molar-refractivity contribution is -0.120. The Balaban J connectivity index is 2.43. The molecule has 1 rings (SSSR count). The number of hydrogen-bond acceptors (Lipinski definition) is 3. The van der Waals surface area contributed by atoms with Crippen LogP contribution in [-0.4, -0.2) is 36.1 Å². The fraction of sp³-hybridized carbons (Fsp3) is 0.429. The minimum absolute atomic E-state index is 0.0549. The topological polar surface area (TPSA) is 78.4 Å². The molecule has 0 bridgehead atoms. The van der Waals surface area contributed by atoms with Gasteiger partial charge >= 0.3 is 0 Å². The summed E-state index contributed by atoms with van der Waals surface area (Å²) in [5.74, 6) is -0.728. The molecule has 0 saturated heterocycles. The van der Waals surface area contributed by atoms with Crippen LogP contribution in [0.1, 0.15) is 30.1 Å². The molecule has 0 aliphatic carbocycles. The van der Waals surface area contributed by atoms with Gasteiger partial charge in [0.15, 0.2) is 0 Å². The molecule has 0 aliphatic heterocycles. The summed E-state index contributed by atoms with van der Waals surface area (Å²) in [4.78, 5) is 23.5. The highest BCUT2D eigenvalue weighted by Crippen LogP contribution is 2.20. The third kappa shape index (κ3) is 6.33. The summed E-state index contributed by atoms with van der Waals surface area (Å²) in [6.07, 6.45) is 1.30. The molecule has 0 fully saturated rings. The molecule has 116 valence electrons. The van der Waals surface area contributed by atoms with Gasteiger partial charge in [-0.1, -0.05) is 23.2 Å². The van der Waals surface area contributed by atoms with Crippen LogP contribution in [-0.2, 0) is 4.79 Å². The minimum Gasteiger partial charge on any atom is -0.396 e. The molecule has 1 aromatic rings. The molecule has 0 radical (unpaired) electrons. The van der Waals surface area contributed by atoms with E-state index >= 15 is 0 Å². The SMILES string of the molecule is CC(CCCO)NC(=O)CNC(=O)c1ccc(Cl)cc1Cl. The number of nitrogens with one attached hydrogen (secondary N) is 2. The van der Waals surface area contributed by atoms with E-state index in [4.69, 9.17) is 28.3 Å². The lowest BCUT2D eigenvalue weighted by Crippen LogP contribution is -2.41. The number of halogens is 2. The maximum Gasteiger partial charge on any atom is 0.253 e. The average Bonchev–Trinajstić information content (AvgIpc) is 2.42. The largest absolute Gasteiger partial charge is 0.396 e. The summed E-state index contributed by atoms with van der Waals surface area (Å²) in [7, 11) is 0. The number of carbonyl (C=O) groups excluding carboxylic acids is 2. The highest BCUT2D eigenvalue weighted by atomic mass is 35.5. The summed E-state index contributed by atoms with van der Waals surface area (Å²) in [6.45, 7) is 1.79. The van der Waals surface area contributed by atoms with Crippen molar-refractivity contribution in [3.8, 4) is 0 Å². The van der Waals surface area contributed by atoms with E-state index in [1.807, 2.05) is 6.92 Å². The molecule has 5 nitrogen and oxygen atoms in total. The van der Waals surface area contributed by atoms with Crippen LogP contribution in [0.4, 0.5) is 0 Å². The van der Waals surface area contributed by atoms with E-state index in [0.717, 1.165) is 0 Å². The van der Waals surface area contributed by atoms with Crippen LogP contribution in [0.5, 0.6) is 0 Å². The van der Waals surface area contributed by atoms with Crippen molar-refractivity contribution in [3.05, 3.63) is 33.8 Å². The summed E-state index contributed by atoms with van der Waals surface area (Å²) in [5.41, 5.74) is 0.266. The molecule has 1 atom stereocenters. The van der Waals surface area contributed by atoms with Crippen molar-refractivity contribution in [2.45, 2.75) is 25.8 Å². The molecule has 1 aromatic carbocycles. The van der Waals surface area contributed by atoms with Gasteiger partial charge in [0, 0.05) is 17.7 Å². The molecule has 7 heteroatoms. The number of rotatable bonds is 7. The number of aliphatic hydroxyl groups is 1. The molecular formula is C14H18Cl2N2O3. The maximum atomic E-state index is 11.9. The van der Waals surface area contributed by atoms with Gasteiger partial charge in [0.25, 0.3) is 5.91 Å². The summed E-state index contributed by atoms with van der Waals surface area (Å²) < 4.78 is 0. The van der Waals surface area contributed by atoms with Gasteiger partial charge in [-0.25, -0.2) is 0 Å². The Bertz CT molecular complexity index is 509. The standard InChI is InChI=1S/C14H18Cl2N2O3/c1-9(3-2-6-19)18-13(20)8-17-14(21)11-5-4-10(15)7-12(11)16/h4-5,7,9,19H,2-3,6,8H2,1H3,(H,17,21)(H,18,20). The van der Waals surface area contributed by atoms with Gasteiger partial charge in [-0.05, 0) is 38.0 Å². The number of benzene rings is 1. The second-order valence-electron chi connectivity index (χ2n) is 4.64. The van der Waals surface area contributed by atoms with E-state index in [2.05, 4.69) is 10.6 Å². The summed E-state index contributed by atoms with van der Waals surface area (Å²) in [5, 5.41) is 14.6. The Morgan fingerprint density at radius 3 is 2.67 bits per heavy atom. The molecule has 21 heavy (non-hydrogen) atoms. The van der Waals surface area contributed by atoms with Gasteiger partial charge in [-0.3, -0.25) is 9.59 Å². The van der Waals surface area contributed by atoms with Crippen LogP contribution in [0.15, 0.2) is 18.2 Å². The van der Waals surface area contributed by atoms with E-state index in [1.165, 1.54) is 12.1 Å². The second kappa shape index (κ2) is 8.87. The van der Waals surface area contributed by atoms with Crippen LogP contribution in [0.2, 0.25) is 10.0 Å². The molecule has 1 unspecified atom stereocenters. The molecule has 3 N–H and O–H groups in total. The number of carbonyl (C=O) groups is 2. The van der Waals surface area contributed by atoms with Crippen LogP contribution >= 0.6 is 23.2 Å². The third-order valence-corrected chi connectivity index (χ3v) is 3.34. The van der Waals surface area contributed by atoms with Crippen LogP contribution < -0.4 is 10.6 Å². The first-order valence-electron chi connectivity index (χ1n) is 6.57. The van der Waals surface area contributed by atoms with Crippen molar-refractivity contribution in [1.29, 1.82) is 0 Å². The number of aliphatic hydroxyl groups excluding tert-OH is 1. The minimum atomic E-state index is -0.435. The van der Waals surface area contributed by atoms with E-state index in [1.54, 1.807) is 6.07 Å². The van der Waals surface area contributed by atoms with Crippen molar-refractivity contribution >= 4 is 35.0 Å². The van der Waals surface area contributed by atoms with Crippen LogP contribution in [0.25, 0.3) is 0 Å². The van der Waals surface area contributed by atoms with Crippen molar-refractivity contribution < 1.29 is 14.7 Å². The smallest absolute Gasteiger partial charge is 0.253 e. The second-order valence-corrected chi connectivity index (χ2v) is 5.48. The fourth-order valence-electron chi connectivity index (χ4n) is 1.72. The van der Waals surface area contributed by atoms with Crippen molar-refractivity contribution in [3.63, 3.8) is 0 Å². The highest BCUT2D eigenvalue weighted by Gasteiger charge is 2.13. The summed E-state index contributed by atoms with van der Waals surface area (Å²) in [6, 6.07) is 4.47. The van der Waals surface area contributed by atoms with Crippen LogP contribution in [0, 0.1) is 0 Å². The molecule has 0 spiro atoms. The van der Waals surface area contributed by atoms with E-state index < -0.39 is 5.91 Å². The zero-order chi connectivity index (χ0) is 15.8. The van der Waals surface area contributed by atoms with Gasteiger partial charge in [0.2, 0.25) is 5.91 Å². The van der Waals surface area contributed by atoms with E-state index in [-0.39, 0.29) is 35.7 Å². The molecule has 0 aromatic heterocycles. The van der Waals surface area contributed by atoms with Crippen molar-refractivity contribution in [1.82, 2.24) is 10.6 Å². The first kappa shape index (κ1) is 17.8. The fourth-order valence-corrected chi connectivity index (χ4v) is 2.22. The molecule has 0 aliphatic rings. The molecule has 0 saturated carbocycles. The van der Waals surface area contributed by atoms with Gasteiger partial charge in [-0.2, -0.15) is 0 Å². The lowest BCUT2D eigenvalue weighted by Gasteiger charge is -2.13. The molecular weight excluding hydrogens is 315 g/mol. The van der Waals surface area contributed by atoms with Crippen molar-refractivity contribution in [2.75, 3.05) is 13.2 Å². The van der Waals surface area contributed by atoms with Gasteiger partial charge in [-0.15, -0.1) is 0 Å². The van der Waals surface area contributed by atoms with E-state index in [0.29, 0.717) is 17.9 Å². The monoisotopic (exact) mass is 332 g/mol. The molecule has 0 heterocycles. The van der Waals surface area contributed by atoms with Gasteiger partial charge < -0.3 is 15.7 Å². The Hall–Kier alpha value is -1.30. The Labute approximate surface area is 133 Å². The number of amides is 2. The quantitative estimate of drug-likeness (QED) is 0.714. The maximum absolute atomic E-state index is 11.9. The zero-order valence-corrected chi connectivity index (χ0v) is 13.2. The first-order chi connectivity index (χ1) is 9.93. The Morgan fingerprint density at radius 1 is 1.33 bits per heavy atom. The number of hydrogen-bond donors (Lipinski definition) is 3.